The number of nitrogens with zero attached hydrogens (tertiary/aromatic N) is 1. The van der Waals surface area contributed by atoms with Gasteiger partial charge in [0.1, 0.15) is 12.4 Å². The van der Waals surface area contributed by atoms with E-state index in [0.717, 1.165) is 0 Å². The van der Waals surface area contributed by atoms with E-state index >= 15 is 0 Å². The number of hydrogen-bond donors (Lipinski definition) is 1. The third kappa shape index (κ3) is 5.21. The van der Waals surface area contributed by atoms with E-state index in [1.165, 1.54) is 12.0 Å². The van der Waals surface area contributed by atoms with Gasteiger partial charge in [-0.15, -0.1) is 0 Å². The summed E-state index contributed by atoms with van der Waals surface area (Å²) < 4.78 is 16.5. The molecule has 0 radical (unpaired) electrons. The van der Waals surface area contributed by atoms with E-state index in [-0.39, 0.29) is 24.5 Å². The molecule has 0 aromatic heterocycles. The number of aliphatic hydroxyl groups is 1. The summed E-state index contributed by atoms with van der Waals surface area (Å²) in [4.78, 5) is 27.3. The quantitative estimate of drug-likeness (QED) is 0.240. The molecule has 1 unspecified atom stereocenters. The Morgan fingerprint density at radius 1 is 1.15 bits per heavy atom. The van der Waals surface area contributed by atoms with Gasteiger partial charge < -0.3 is 24.2 Å². The minimum atomic E-state index is -0.830. The molecule has 2 aromatic rings. The number of carbonyl (C=O) groups excluding carboxylic acids is 2. The number of rotatable bonds is 10. The van der Waals surface area contributed by atoms with Crippen LogP contribution < -0.4 is 9.47 Å². The lowest BCUT2D eigenvalue weighted by atomic mass is 9.95. The zero-order valence-electron chi connectivity index (χ0n) is 18.5. The first-order valence-corrected chi connectivity index (χ1v) is 10.8. The van der Waals surface area contributed by atoms with Crippen LogP contribution in [0.3, 0.4) is 0 Å². The molecule has 1 N–H and O–H groups in total. The van der Waals surface area contributed by atoms with E-state index in [2.05, 4.69) is 6.58 Å². The van der Waals surface area contributed by atoms with Gasteiger partial charge in [0.05, 0.1) is 24.8 Å². The summed E-state index contributed by atoms with van der Waals surface area (Å²) in [6.07, 6.45) is 1.62. The number of hydrogen-bond acceptors (Lipinski definition) is 6. The van der Waals surface area contributed by atoms with Gasteiger partial charge in [0, 0.05) is 24.2 Å². The molecule has 1 atom stereocenters. The fraction of sp³-hybridized carbons (Fsp3) is 0.280. The van der Waals surface area contributed by atoms with Crippen molar-refractivity contribution in [3.8, 4) is 11.5 Å². The van der Waals surface area contributed by atoms with Gasteiger partial charge in [-0.3, -0.25) is 9.59 Å². The largest absolute Gasteiger partial charge is 0.507 e. The predicted octanol–water partition coefficient (Wildman–Crippen LogP) is 4.37. The van der Waals surface area contributed by atoms with Crippen molar-refractivity contribution in [3.63, 3.8) is 0 Å². The number of likely N-dealkylation sites (tertiary alicyclic amines) is 1. The summed E-state index contributed by atoms with van der Waals surface area (Å²) in [6.45, 7) is 6.57. The average molecular weight is 472 g/mol. The SMILES string of the molecule is C=CCOc1ccc(C2C(=C(O)c3ccc(Cl)cc3)C(=O)C(=O)N2CCOC)cc1OCC. The topological polar surface area (TPSA) is 85.3 Å². The molecule has 1 amide bonds. The molecule has 7 nitrogen and oxygen atoms in total. The minimum absolute atomic E-state index is 0.0133. The minimum Gasteiger partial charge on any atom is -0.507 e. The Hall–Kier alpha value is -3.29. The average Bonchev–Trinajstić information content (AvgIpc) is 3.07. The van der Waals surface area contributed by atoms with Gasteiger partial charge >= 0.3 is 0 Å². The second kappa shape index (κ2) is 11.0. The summed E-state index contributed by atoms with van der Waals surface area (Å²) >= 11 is 5.96. The maximum Gasteiger partial charge on any atom is 0.295 e. The highest BCUT2D eigenvalue weighted by atomic mass is 35.5. The van der Waals surface area contributed by atoms with E-state index in [0.29, 0.717) is 40.9 Å². The van der Waals surface area contributed by atoms with Crippen LogP contribution in [-0.2, 0) is 14.3 Å². The zero-order valence-corrected chi connectivity index (χ0v) is 19.3. The molecule has 3 rings (SSSR count). The van der Waals surface area contributed by atoms with E-state index in [1.54, 1.807) is 48.5 Å². The molecule has 174 valence electrons. The zero-order chi connectivity index (χ0) is 24.0. The molecule has 8 heteroatoms. The van der Waals surface area contributed by atoms with E-state index in [1.807, 2.05) is 6.92 Å². The Labute approximate surface area is 197 Å². The molecular formula is C25H26ClNO6. The normalized spacial score (nSPS) is 17.3. The van der Waals surface area contributed by atoms with Crippen molar-refractivity contribution in [3.05, 3.63) is 76.8 Å². The molecule has 33 heavy (non-hydrogen) atoms. The van der Waals surface area contributed by atoms with Crippen molar-refractivity contribution < 1.29 is 28.9 Å². The van der Waals surface area contributed by atoms with Gasteiger partial charge in [-0.05, 0) is 48.9 Å². The highest BCUT2D eigenvalue weighted by Crippen LogP contribution is 2.42. The summed E-state index contributed by atoms with van der Waals surface area (Å²) in [5.74, 6) is -0.793. The van der Waals surface area contributed by atoms with Gasteiger partial charge in [0.15, 0.2) is 11.5 Å². The summed E-state index contributed by atoms with van der Waals surface area (Å²) in [5, 5.41) is 11.5. The van der Waals surface area contributed by atoms with Crippen LogP contribution >= 0.6 is 11.6 Å². The van der Waals surface area contributed by atoms with Crippen LogP contribution in [0.15, 0.2) is 60.7 Å². The van der Waals surface area contributed by atoms with Crippen LogP contribution in [0.4, 0.5) is 0 Å². The van der Waals surface area contributed by atoms with Crippen LogP contribution in [0, 0.1) is 0 Å². The summed E-state index contributed by atoms with van der Waals surface area (Å²) in [5.41, 5.74) is 0.959. The second-order valence-corrected chi connectivity index (χ2v) is 7.67. The molecule has 1 aliphatic rings. The first-order valence-electron chi connectivity index (χ1n) is 10.5. The number of ketones is 1. The predicted molar refractivity (Wildman–Crippen MR) is 126 cm³/mol. The molecule has 0 spiro atoms. The van der Waals surface area contributed by atoms with Crippen molar-refractivity contribution in [2.45, 2.75) is 13.0 Å². The number of ether oxygens (including phenoxy) is 3. The maximum atomic E-state index is 13.0. The second-order valence-electron chi connectivity index (χ2n) is 7.23. The Morgan fingerprint density at radius 2 is 1.88 bits per heavy atom. The summed E-state index contributed by atoms with van der Waals surface area (Å²) in [6, 6.07) is 10.7. The molecular weight excluding hydrogens is 446 g/mol. The Kier molecular flexibility index (Phi) is 8.14. The number of halogens is 1. The van der Waals surface area contributed by atoms with E-state index < -0.39 is 17.7 Å². The van der Waals surface area contributed by atoms with E-state index in [4.69, 9.17) is 25.8 Å². The Balaban J connectivity index is 2.15. The van der Waals surface area contributed by atoms with Crippen LogP contribution in [0.25, 0.3) is 5.76 Å². The molecule has 0 bridgehead atoms. The lowest BCUT2D eigenvalue weighted by Gasteiger charge is -2.26. The van der Waals surface area contributed by atoms with Gasteiger partial charge in [-0.2, -0.15) is 0 Å². The van der Waals surface area contributed by atoms with Crippen molar-refractivity contribution in [1.29, 1.82) is 0 Å². The molecule has 0 aliphatic carbocycles. The van der Waals surface area contributed by atoms with Crippen molar-refractivity contribution >= 4 is 29.1 Å². The fourth-order valence-corrected chi connectivity index (χ4v) is 3.77. The molecule has 1 fully saturated rings. The first kappa shape index (κ1) is 24.4. The Bertz CT molecular complexity index is 1060. The number of carbonyl (C=O) groups is 2. The first-order chi connectivity index (χ1) is 15.9. The number of amides is 1. The van der Waals surface area contributed by atoms with Crippen LogP contribution in [0.5, 0.6) is 11.5 Å². The lowest BCUT2D eigenvalue weighted by molar-refractivity contribution is -0.140. The standard InChI is InChI=1S/C25H26ClNO6/c1-4-13-33-19-11-8-17(15-20(19)32-5-2)22-21(23(28)16-6-9-18(26)10-7-16)24(29)25(30)27(22)12-14-31-3/h4,6-11,15,22,28H,1,5,12-14H2,2-3H3. The van der Waals surface area contributed by atoms with Gasteiger partial charge in [0.2, 0.25) is 0 Å². The molecule has 1 saturated heterocycles. The molecule has 1 aliphatic heterocycles. The molecule has 0 saturated carbocycles. The third-order valence-electron chi connectivity index (χ3n) is 5.13. The highest BCUT2D eigenvalue weighted by Gasteiger charge is 2.46. The van der Waals surface area contributed by atoms with Gasteiger partial charge in [-0.25, -0.2) is 0 Å². The van der Waals surface area contributed by atoms with Crippen LogP contribution in [0.2, 0.25) is 5.02 Å². The highest BCUT2D eigenvalue weighted by molar-refractivity contribution is 6.46. The summed E-state index contributed by atoms with van der Waals surface area (Å²) in [7, 11) is 1.51. The van der Waals surface area contributed by atoms with Crippen LogP contribution in [-0.4, -0.2) is 55.2 Å². The van der Waals surface area contributed by atoms with Crippen molar-refractivity contribution in [2.24, 2.45) is 0 Å². The third-order valence-corrected chi connectivity index (χ3v) is 5.39. The number of Topliss-reactive ketones (excluding diaryl/α,β-unsaturated/α-hetero) is 1. The molecule has 2 aromatic carbocycles. The fourth-order valence-electron chi connectivity index (χ4n) is 3.64. The van der Waals surface area contributed by atoms with Crippen molar-refractivity contribution in [1.82, 2.24) is 4.90 Å². The molecule has 1 heterocycles. The Morgan fingerprint density at radius 3 is 2.52 bits per heavy atom. The van der Waals surface area contributed by atoms with Crippen LogP contribution in [0.1, 0.15) is 24.1 Å². The lowest BCUT2D eigenvalue weighted by Crippen LogP contribution is -2.32. The van der Waals surface area contributed by atoms with E-state index in [9.17, 15) is 14.7 Å². The monoisotopic (exact) mass is 471 g/mol. The maximum absolute atomic E-state index is 13.0. The number of methoxy groups -OCH3 is 1. The smallest absolute Gasteiger partial charge is 0.295 e. The number of aliphatic hydroxyl groups excluding tert-OH is 1. The number of benzene rings is 2. The van der Waals surface area contributed by atoms with Crippen molar-refractivity contribution in [2.75, 3.05) is 33.5 Å². The van der Waals surface area contributed by atoms with Gasteiger partial charge in [-0.1, -0.05) is 30.3 Å². The van der Waals surface area contributed by atoms with Gasteiger partial charge in [0.25, 0.3) is 11.7 Å².